The predicted octanol–water partition coefficient (Wildman–Crippen LogP) is 3.38. The molecule has 0 saturated carbocycles. The molecule has 1 heterocycles. The SMILES string of the molecule is COC(=O)c1ccc(C(=O)OC(C)C(=O)c2c[nH]c3ccccc23)cc1. The number of Topliss-reactive ketones (excluding diaryl/α,β-unsaturated/α-hetero) is 1. The summed E-state index contributed by atoms with van der Waals surface area (Å²) in [5.74, 6) is -1.42. The van der Waals surface area contributed by atoms with E-state index in [9.17, 15) is 14.4 Å². The summed E-state index contributed by atoms with van der Waals surface area (Å²) >= 11 is 0. The molecule has 2 aromatic carbocycles. The number of carbonyl (C=O) groups is 3. The number of methoxy groups -OCH3 is 1. The van der Waals surface area contributed by atoms with Crippen LogP contribution in [0.5, 0.6) is 0 Å². The Morgan fingerprint density at radius 3 is 2.19 bits per heavy atom. The Morgan fingerprint density at radius 2 is 1.54 bits per heavy atom. The molecule has 26 heavy (non-hydrogen) atoms. The normalized spacial score (nSPS) is 11.8. The van der Waals surface area contributed by atoms with Crippen LogP contribution >= 0.6 is 0 Å². The number of fused-ring (bicyclic) bond motifs is 1. The maximum atomic E-state index is 12.6. The minimum atomic E-state index is -0.943. The molecule has 0 fully saturated rings. The Labute approximate surface area is 149 Å². The van der Waals surface area contributed by atoms with Crippen LogP contribution in [-0.4, -0.2) is 35.9 Å². The van der Waals surface area contributed by atoms with Gasteiger partial charge in [-0.15, -0.1) is 0 Å². The van der Waals surface area contributed by atoms with Crippen LogP contribution in [-0.2, 0) is 9.47 Å². The lowest BCUT2D eigenvalue weighted by Gasteiger charge is -2.12. The van der Waals surface area contributed by atoms with Gasteiger partial charge >= 0.3 is 11.9 Å². The van der Waals surface area contributed by atoms with Crippen molar-refractivity contribution in [1.82, 2.24) is 4.98 Å². The molecule has 0 bridgehead atoms. The Hall–Kier alpha value is -3.41. The number of aromatic nitrogens is 1. The number of hydrogen-bond donors (Lipinski definition) is 1. The number of ether oxygens (including phenoxy) is 2. The molecule has 0 aliphatic heterocycles. The molecule has 6 heteroatoms. The van der Waals surface area contributed by atoms with Crippen LogP contribution in [0, 0.1) is 0 Å². The van der Waals surface area contributed by atoms with Crippen molar-refractivity contribution >= 4 is 28.6 Å². The fourth-order valence-corrected chi connectivity index (χ4v) is 2.64. The quantitative estimate of drug-likeness (QED) is 0.562. The van der Waals surface area contributed by atoms with Crippen molar-refractivity contribution in [2.45, 2.75) is 13.0 Å². The van der Waals surface area contributed by atoms with Crippen molar-refractivity contribution in [2.75, 3.05) is 7.11 Å². The second-order valence-electron chi connectivity index (χ2n) is 5.73. The van der Waals surface area contributed by atoms with Gasteiger partial charge in [0.25, 0.3) is 0 Å². The molecular weight excluding hydrogens is 334 g/mol. The fourth-order valence-electron chi connectivity index (χ4n) is 2.64. The molecule has 3 rings (SSSR count). The molecule has 0 spiro atoms. The summed E-state index contributed by atoms with van der Waals surface area (Å²) in [5, 5.41) is 0.780. The third-order valence-corrected chi connectivity index (χ3v) is 4.05. The van der Waals surface area contributed by atoms with Gasteiger partial charge < -0.3 is 14.5 Å². The fraction of sp³-hybridized carbons (Fsp3) is 0.150. The Kier molecular flexibility index (Phi) is 4.84. The number of carbonyl (C=O) groups excluding carboxylic acids is 3. The number of ketones is 1. The molecule has 0 saturated heterocycles. The average molecular weight is 351 g/mol. The smallest absolute Gasteiger partial charge is 0.338 e. The predicted molar refractivity (Wildman–Crippen MR) is 95.3 cm³/mol. The van der Waals surface area contributed by atoms with E-state index < -0.39 is 18.0 Å². The highest BCUT2D eigenvalue weighted by Gasteiger charge is 2.23. The standard InChI is InChI=1S/C20H17NO5/c1-12(18(22)16-11-21-17-6-4-3-5-15(16)17)26-20(24)14-9-7-13(8-10-14)19(23)25-2/h3-12,21H,1-2H3. The lowest BCUT2D eigenvalue weighted by atomic mass is 10.1. The van der Waals surface area contributed by atoms with Gasteiger partial charge in [0.2, 0.25) is 5.78 Å². The molecule has 6 nitrogen and oxygen atoms in total. The summed E-state index contributed by atoms with van der Waals surface area (Å²) in [5.41, 5.74) is 1.89. The number of nitrogens with one attached hydrogen (secondary N) is 1. The number of H-pyrrole nitrogens is 1. The van der Waals surface area contributed by atoms with Gasteiger partial charge in [0.05, 0.1) is 18.2 Å². The second-order valence-corrected chi connectivity index (χ2v) is 5.73. The zero-order valence-electron chi connectivity index (χ0n) is 14.3. The van der Waals surface area contributed by atoms with E-state index in [4.69, 9.17) is 4.74 Å². The maximum Gasteiger partial charge on any atom is 0.338 e. The number of aromatic amines is 1. The number of para-hydroxylation sites is 1. The van der Waals surface area contributed by atoms with E-state index in [1.165, 1.54) is 38.3 Å². The van der Waals surface area contributed by atoms with Crippen molar-refractivity contribution in [2.24, 2.45) is 0 Å². The van der Waals surface area contributed by atoms with Crippen LogP contribution in [0.1, 0.15) is 38.0 Å². The van der Waals surface area contributed by atoms with E-state index >= 15 is 0 Å². The summed E-state index contributed by atoms with van der Waals surface area (Å²) in [6.45, 7) is 1.53. The van der Waals surface area contributed by atoms with Gasteiger partial charge in [-0.25, -0.2) is 9.59 Å². The first-order valence-electron chi connectivity index (χ1n) is 8.01. The highest BCUT2D eigenvalue weighted by atomic mass is 16.5. The maximum absolute atomic E-state index is 12.6. The van der Waals surface area contributed by atoms with Crippen LogP contribution in [0.3, 0.4) is 0 Å². The topological polar surface area (TPSA) is 85.5 Å². The van der Waals surface area contributed by atoms with Gasteiger partial charge in [-0.2, -0.15) is 0 Å². The lowest BCUT2D eigenvalue weighted by molar-refractivity contribution is 0.0319. The van der Waals surface area contributed by atoms with Gasteiger partial charge in [-0.3, -0.25) is 4.79 Å². The van der Waals surface area contributed by atoms with E-state index in [2.05, 4.69) is 9.72 Å². The van der Waals surface area contributed by atoms with Gasteiger partial charge in [-0.1, -0.05) is 18.2 Å². The van der Waals surface area contributed by atoms with Gasteiger partial charge in [0.1, 0.15) is 0 Å². The van der Waals surface area contributed by atoms with Crippen molar-refractivity contribution in [3.63, 3.8) is 0 Å². The summed E-state index contributed by atoms with van der Waals surface area (Å²) in [4.78, 5) is 39.3. The molecule has 132 valence electrons. The Balaban J connectivity index is 1.72. The minimum absolute atomic E-state index is 0.247. The first-order chi connectivity index (χ1) is 12.5. The summed E-state index contributed by atoms with van der Waals surface area (Å²) in [7, 11) is 1.28. The summed E-state index contributed by atoms with van der Waals surface area (Å²) < 4.78 is 9.89. The third-order valence-electron chi connectivity index (χ3n) is 4.05. The van der Waals surface area contributed by atoms with E-state index in [1.54, 1.807) is 6.20 Å². The monoisotopic (exact) mass is 351 g/mol. The van der Waals surface area contributed by atoms with Crippen LogP contribution in [0.4, 0.5) is 0 Å². The molecule has 0 aliphatic carbocycles. The molecule has 1 aromatic heterocycles. The zero-order valence-corrected chi connectivity index (χ0v) is 14.3. The van der Waals surface area contributed by atoms with Gasteiger partial charge in [0.15, 0.2) is 6.10 Å². The van der Waals surface area contributed by atoms with Gasteiger partial charge in [0, 0.05) is 22.7 Å². The second kappa shape index (κ2) is 7.23. The van der Waals surface area contributed by atoms with Crippen molar-refractivity contribution < 1.29 is 23.9 Å². The number of rotatable bonds is 5. The van der Waals surface area contributed by atoms with Crippen molar-refractivity contribution in [3.05, 3.63) is 71.4 Å². The van der Waals surface area contributed by atoms with E-state index in [0.29, 0.717) is 11.1 Å². The van der Waals surface area contributed by atoms with Crippen LogP contribution in [0.25, 0.3) is 10.9 Å². The largest absolute Gasteiger partial charge is 0.465 e. The van der Waals surface area contributed by atoms with E-state index in [-0.39, 0.29) is 11.3 Å². The van der Waals surface area contributed by atoms with Crippen LogP contribution in [0.2, 0.25) is 0 Å². The molecule has 3 aromatic rings. The molecule has 0 amide bonds. The summed E-state index contributed by atoms with van der Waals surface area (Å²) in [6.07, 6.45) is 0.671. The number of hydrogen-bond acceptors (Lipinski definition) is 5. The molecule has 1 atom stereocenters. The van der Waals surface area contributed by atoms with Crippen LogP contribution < -0.4 is 0 Å². The first kappa shape index (κ1) is 17.4. The molecular formula is C20H17NO5. The minimum Gasteiger partial charge on any atom is -0.465 e. The lowest BCUT2D eigenvalue weighted by Crippen LogP contribution is -2.24. The van der Waals surface area contributed by atoms with Crippen molar-refractivity contribution in [3.8, 4) is 0 Å². The molecule has 1 N–H and O–H groups in total. The zero-order chi connectivity index (χ0) is 18.7. The van der Waals surface area contributed by atoms with Gasteiger partial charge in [-0.05, 0) is 37.3 Å². The van der Waals surface area contributed by atoms with Crippen LogP contribution in [0.15, 0.2) is 54.7 Å². The molecule has 1 unspecified atom stereocenters. The number of esters is 2. The molecule has 0 aliphatic rings. The summed E-state index contributed by atoms with van der Waals surface area (Å²) in [6, 6.07) is 13.3. The Bertz CT molecular complexity index is 971. The average Bonchev–Trinajstić information content (AvgIpc) is 3.10. The number of benzene rings is 2. The highest BCUT2D eigenvalue weighted by molar-refractivity contribution is 6.10. The Morgan fingerprint density at radius 1 is 0.923 bits per heavy atom. The first-order valence-corrected chi connectivity index (χ1v) is 8.01. The van der Waals surface area contributed by atoms with E-state index in [1.807, 2.05) is 24.3 Å². The molecule has 0 radical (unpaired) electrons. The van der Waals surface area contributed by atoms with E-state index in [0.717, 1.165) is 10.9 Å². The highest BCUT2D eigenvalue weighted by Crippen LogP contribution is 2.20. The van der Waals surface area contributed by atoms with Crippen molar-refractivity contribution in [1.29, 1.82) is 0 Å². The third kappa shape index (κ3) is 3.35.